The second kappa shape index (κ2) is 8.72. The molecule has 2 aliphatic heterocycles. The third-order valence-corrected chi connectivity index (χ3v) is 6.23. The maximum Gasteiger partial charge on any atom is 0.274 e. The SMILES string of the molecule is CC1CCN(C(=O)c2cnc(N3CCC(Cc4ccccc4)CC3)cn2)CC1. The van der Waals surface area contributed by atoms with Crippen LogP contribution in [-0.4, -0.2) is 47.0 Å². The van der Waals surface area contributed by atoms with Crippen LogP contribution in [0.1, 0.15) is 48.7 Å². The molecule has 0 saturated carbocycles. The van der Waals surface area contributed by atoms with E-state index in [0.717, 1.165) is 57.2 Å². The third-order valence-electron chi connectivity index (χ3n) is 6.23. The Balaban J connectivity index is 1.30. The third kappa shape index (κ3) is 4.51. The fourth-order valence-corrected chi connectivity index (χ4v) is 4.28. The van der Waals surface area contributed by atoms with Gasteiger partial charge in [0.05, 0.1) is 12.4 Å². The van der Waals surface area contributed by atoms with E-state index in [0.29, 0.717) is 11.6 Å². The maximum atomic E-state index is 12.6. The quantitative estimate of drug-likeness (QED) is 0.812. The van der Waals surface area contributed by atoms with Gasteiger partial charge in [-0.15, -0.1) is 0 Å². The van der Waals surface area contributed by atoms with E-state index in [9.17, 15) is 4.79 Å². The van der Waals surface area contributed by atoms with Gasteiger partial charge in [-0.2, -0.15) is 0 Å². The van der Waals surface area contributed by atoms with Gasteiger partial charge in [0.2, 0.25) is 0 Å². The van der Waals surface area contributed by atoms with Gasteiger partial charge in [-0.25, -0.2) is 9.97 Å². The average molecular weight is 379 g/mol. The molecule has 4 rings (SSSR count). The van der Waals surface area contributed by atoms with Crippen molar-refractivity contribution in [2.45, 2.75) is 39.0 Å². The lowest BCUT2D eigenvalue weighted by Crippen LogP contribution is -2.38. The highest BCUT2D eigenvalue weighted by molar-refractivity contribution is 5.92. The number of benzene rings is 1. The van der Waals surface area contributed by atoms with Crippen LogP contribution in [0, 0.1) is 11.8 Å². The van der Waals surface area contributed by atoms with E-state index >= 15 is 0 Å². The number of hydrogen-bond acceptors (Lipinski definition) is 4. The van der Waals surface area contributed by atoms with Crippen LogP contribution in [0.4, 0.5) is 5.82 Å². The van der Waals surface area contributed by atoms with Crippen molar-refractivity contribution >= 4 is 11.7 Å². The van der Waals surface area contributed by atoms with Crippen molar-refractivity contribution in [1.82, 2.24) is 14.9 Å². The Hall–Kier alpha value is -2.43. The van der Waals surface area contributed by atoms with E-state index in [1.807, 2.05) is 4.90 Å². The van der Waals surface area contributed by atoms with Gasteiger partial charge in [0, 0.05) is 26.2 Å². The molecule has 148 valence electrons. The molecule has 0 atom stereocenters. The van der Waals surface area contributed by atoms with Gasteiger partial charge in [-0.1, -0.05) is 37.3 Å². The van der Waals surface area contributed by atoms with Crippen molar-refractivity contribution < 1.29 is 4.79 Å². The van der Waals surface area contributed by atoms with E-state index in [4.69, 9.17) is 0 Å². The summed E-state index contributed by atoms with van der Waals surface area (Å²) in [7, 11) is 0. The van der Waals surface area contributed by atoms with Gasteiger partial charge >= 0.3 is 0 Å². The standard InChI is InChI=1S/C23H30N4O/c1-18-7-11-27(12-8-18)23(28)21-16-25-22(17-24-21)26-13-9-20(10-14-26)15-19-5-3-2-4-6-19/h2-6,16-18,20H,7-15H2,1H3. The molecule has 2 aliphatic rings. The normalized spacial score (nSPS) is 19.0. The minimum atomic E-state index is 0.0209. The summed E-state index contributed by atoms with van der Waals surface area (Å²) in [4.78, 5) is 25.8. The molecule has 1 aromatic carbocycles. The number of anilines is 1. The molecule has 5 heteroatoms. The average Bonchev–Trinajstić information content (AvgIpc) is 2.75. The molecular weight excluding hydrogens is 348 g/mol. The van der Waals surface area contributed by atoms with Crippen molar-refractivity contribution in [2.24, 2.45) is 11.8 Å². The van der Waals surface area contributed by atoms with Crippen molar-refractivity contribution in [3.63, 3.8) is 0 Å². The van der Waals surface area contributed by atoms with E-state index in [1.165, 1.54) is 18.4 Å². The number of amides is 1. The number of piperidine rings is 2. The Labute approximate surface area is 167 Å². The summed E-state index contributed by atoms with van der Waals surface area (Å²) in [5.74, 6) is 2.35. The fraction of sp³-hybridized carbons (Fsp3) is 0.522. The predicted octanol–water partition coefficient (Wildman–Crippen LogP) is 3.81. The lowest BCUT2D eigenvalue weighted by molar-refractivity contribution is 0.0691. The first-order chi connectivity index (χ1) is 13.7. The summed E-state index contributed by atoms with van der Waals surface area (Å²) in [6, 6.07) is 10.7. The molecule has 3 heterocycles. The zero-order valence-corrected chi connectivity index (χ0v) is 16.8. The molecule has 0 aliphatic carbocycles. The molecule has 2 fully saturated rings. The molecule has 5 nitrogen and oxygen atoms in total. The van der Waals surface area contributed by atoms with Crippen LogP contribution in [0.5, 0.6) is 0 Å². The zero-order valence-electron chi connectivity index (χ0n) is 16.8. The van der Waals surface area contributed by atoms with Crippen LogP contribution >= 0.6 is 0 Å². The van der Waals surface area contributed by atoms with Crippen molar-refractivity contribution in [3.05, 3.63) is 54.0 Å². The van der Waals surface area contributed by atoms with Crippen LogP contribution in [0.25, 0.3) is 0 Å². The van der Waals surface area contributed by atoms with Gasteiger partial charge < -0.3 is 9.80 Å². The first kappa shape index (κ1) is 18.9. The monoisotopic (exact) mass is 378 g/mol. The number of rotatable bonds is 4. The molecule has 1 amide bonds. The summed E-state index contributed by atoms with van der Waals surface area (Å²) in [6.07, 6.45) is 9.09. The van der Waals surface area contributed by atoms with Crippen LogP contribution in [-0.2, 0) is 6.42 Å². The highest BCUT2D eigenvalue weighted by Crippen LogP contribution is 2.24. The van der Waals surface area contributed by atoms with Gasteiger partial charge in [0.1, 0.15) is 11.5 Å². The van der Waals surface area contributed by atoms with E-state index in [2.05, 4.69) is 52.1 Å². The molecule has 28 heavy (non-hydrogen) atoms. The number of carbonyl (C=O) groups is 1. The number of hydrogen-bond donors (Lipinski definition) is 0. The highest BCUT2D eigenvalue weighted by Gasteiger charge is 2.24. The lowest BCUT2D eigenvalue weighted by atomic mass is 9.90. The molecule has 0 N–H and O–H groups in total. The van der Waals surface area contributed by atoms with Crippen molar-refractivity contribution in [3.8, 4) is 0 Å². The van der Waals surface area contributed by atoms with Gasteiger partial charge in [0.15, 0.2) is 0 Å². The van der Waals surface area contributed by atoms with Crippen LogP contribution in [0.15, 0.2) is 42.7 Å². The fourth-order valence-electron chi connectivity index (χ4n) is 4.28. The molecule has 0 spiro atoms. The van der Waals surface area contributed by atoms with Crippen LogP contribution in [0.3, 0.4) is 0 Å². The molecule has 0 unspecified atom stereocenters. The summed E-state index contributed by atoms with van der Waals surface area (Å²) in [5, 5.41) is 0. The van der Waals surface area contributed by atoms with Gasteiger partial charge in [-0.05, 0) is 49.5 Å². The maximum absolute atomic E-state index is 12.6. The van der Waals surface area contributed by atoms with E-state index in [-0.39, 0.29) is 5.91 Å². The smallest absolute Gasteiger partial charge is 0.274 e. The Morgan fingerprint density at radius 2 is 1.68 bits per heavy atom. The minimum absolute atomic E-state index is 0.0209. The Kier molecular flexibility index (Phi) is 5.89. The van der Waals surface area contributed by atoms with Crippen LogP contribution < -0.4 is 4.90 Å². The van der Waals surface area contributed by atoms with Crippen molar-refractivity contribution in [2.75, 3.05) is 31.1 Å². The first-order valence-corrected chi connectivity index (χ1v) is 10.6. The molecule has 0 bridgehead atoms. The second-order valence-electron chi connectivity index (χ2n) is 8.35. The second-order valence-corrected chi connectivity index (χ2v) is 8.35. The highest BCUT2D eigenvalue weighted by atomic mass is 16.2. The predicted molar refractivity (Wildman–Crippen MR) is 111 cm³/mol. The molecular formula is C23H30N4O. The van der Waals surface area contributed by atoms with Crippen LogP contribution in [0.2, 0.25) is 0 Å². The van der Waals surface area contributed by atoms with Crippen molar-refractivity contribution in [1.29, 1.82) is 0 Å². The Morgan fingerprint density at radius 1 is 0.964 bits per heavy atom. The minimum Gasteiger partial charge on any atom is -0.355 e. The molecule has 2 aromatic rings. The van der Waals surface area contributed by atoms with Gasteiger partial charge in [0.25, 0.3) is 5.91 Å². The first-order valence-electron chi connectivity index (χ1n) is 10.6. The summed E-state index contributed by atoms with van der Waals surface area (Å²) < 4.78 is 0. The molecule has 2 saturated heterocycles. The van der Waals surface area contributed by atoms with E-state index in [1.54, 1.807) is 12.4 Å². The zero-order chi connectivity index (χ0) is 19.3. The topological polar surface area (TPSA) is 49.3 Å². The molecule has 0 radical (unpaired) electrons. The number of carbonyl (C=O) groups excluding carboxylic acids is 1. The Morgan fingerprint density at radius 3 is 2.32 bits per heavy atom. The van der Waals surface area contributed by atoms with Gasteiger partial charge in [-0.3, -0.25) is 4.79 Å². The lowest BCUT2D eigenvalue weighted by Gasteiger charge is -2.33. The Bertz CT molecular complexity index is 761. The number of likely N-dealkylation sites (tertiary alicyclic amines) is 1. The van der Waals surface area contributed by atoms with E-state index < -0.39 is 0 Å². The number of aromatic nitrogens is 2. The summed E-state index contributed by atoms with van der Waals surface area (Å²) in [6.45, 7) is 5.92. The summed E-state index contributed by atoms with van der Waals surface area (Å²) in [5.41, 5.74) is 1.90. The number of nitrogens with zero attached hydrogens (tertiary/aromatic N) is 4. The largest absolute Gasteiger partial charge is 0.355 e. The molecule has 1 aromatic heterocycles. The summed E-state index contributed by atoms with van der Waals surface area (Å²) >= 11 is 0.